The second-order valence-corrected chi connectivity index (χ2v) is 13.2. The standard InChI is InChI=1S/C32H41BrN4O5/c1-32(2,30(39)34-15-17-35(18-16-34)31(40)41)42-28-7-3-6-27(19-28)36-14-4-5-25(22-36)29(38)37(20-23-8-9-23)21-24-10-12-26(33)13-11-24/h3,6-7,10-13,19,23,25H,4-5,8-9,14-18,20-22H2,1-2H3,(H,40,41)/t25-/m1/s1. The Morgan fingerprint density at radius 2 is 1.67 bits per heavy atom. The molecule has 2 saturated heterocycles. The third-order valence-corrected chi connectivity index (χ3v) is 8.98. The lowest BCUT2D eigenvalue weighted by Gasteiger charge is -2.38. The first-order valence-corrected chi connectivity index (χ1v) is 15.7. The summed E-state index contributed by atoms with van der Waals surface area (Å²) in [6.07, 6.45) is 3.25. The Hall–Kier alpha value is -3.27. The van der Waals surface area contributed by atoms with Gasteiger partial charge in [0, 0.05) is 68.6 Å². The molecule has 9 nitrogen and oxygen atoms in total. The van der Waals surface area contributed by atoms with Crippen LogP contribution in [0, 0.1) is 11.8 Å². The summed E-state index contributed by atoms with van der Waals surface area (Å²) in [5, 5.41) is 9.20. The van der Waals surface area contributed by atoms with Crippen LogP contribution in [0.15, 0.2) is 53.0 Å². The van der Waals surface area contributed by atoms with Crippen molar-refractivity contribution >= 4 is 39.5 Å². The van der Waals surface area contributed by atoms with Crippen LogP contribution in [0.25, 0.3) is 0 Å². The molecule has 0 unspecified atom stereocenters. The van der Waals surface area contributed by atoms with Crippen molar-refractivity contribution < 1.29 is 24.2 Å². The Morgan fingerprint density at radius 3 is 2.33 bits per heavy atom. The molecule has 1 aliphatic carbocycles. The minimum Gasteiger partial charge on any atom is -0.478 e. The fourth-order valence-corrected chi connectivity index (χ4v) is 6.15. The number of rotatable bonds is 9. The second-order valence-electron chi connectivity index (χ2n) is 12.2. The van der Waals surface area contributed by atoms with Crippen LogP contribution in [0.4, 0.5) is 10.5 Å². The number of hydrogen-bond donors (Lipinski definition) is 1. The quantitative estimate of drug-likeness (QED) is 0.411. The molecule has 2 aromatic rings. The van der Waals surface area contributed by atoms with E-state index in [4.69, 9.17) is 4.74 Å². The first-order chi connectivity index (χ1) is 20.1. The van der Waals surface area contributed by atoms with Gasteiger partial charge in [-0.25, -0.2) is 4.79 Å². The van der Waals surface area contributed by atoms with E-state index in [0.29, 0.717) is 50.9 Å². The molecule has 226 valence electrons. The number of halogens is 1. The van der Waals surface area contributed by atoms with E-state index in [2.05, 4.69) is 37.9 Å². The van der Waals surface area contributed by atoms with E-state index in [9.17, 15) is 19.5 Å². The molecule has 3 amide bonds. The predicted octanol–water partition coefficient (Wildman–Crippen LogP) is 5.08. The summed E-state index contributed by atoms with van der Waals surface area (Å²) in [4.78, 5) is 45.7. The molecule has 1 saturated carbocycles. The average Bonchev–Trinajstić information content (AvgIpc) is 3.81. The first-order valence-electron chi connectivity index (χ1n) is 14.9. The van der Waals surface area contributed by atoms with Gasteiger partial charge in [0.1, 0.15) is 5.75 Å². The molecule has 2 heterocycles. The van der Waals surface area contributed by atoms with Gasteiger partial charge in [-0.3, -0.25) is 9.59 Å². The van der Waals surface area contributed by atoms with Crippen molar-refractivity contribution in [1.29, 1.82) is 0 Å². The van der Waals surface area contributed by atoms with Gasteiger partial charge in [-0.05, 0) is 75.3 Å². The monoisotopic (exact) mass is 640 g/mol. The van der Waals surface area contributed by atoms with Gasteiger partial charge in [-0.1, -0.05) is 34.1 Å². The number of hydrogen-bond acceptors (Lipinski definition) is 5. The average molecular weight is 642 g/mol. The van der Waals surface area contributed by atoms with Crippen LogP contribution in [0.3, 0.4) is 0 Å². The molecule has 42 heavy (non-hydrogen) atoms. The number of carbonyl (C=O) groups excluding carboxylic acids is 2. The Kier molecular flexibility index (Phi) is 9.30. The van der Waals surface area contributed by atoms with E-state index in [1.54, 1.807) is 18.7 Å². The zero-order valence-electron chi connectivity index (χ0n) is 24.5. The third kappa shape index (κ3) is 7.56. The van der Waals surface area contributed by atoms with E-state index in [0.717, 1.165) is 41.7 Å². The lowest BCUT2D eigenvalue weighted by Crippen LogP contribution is -2.56. The highest BCUT2D eigenvalue weighted by Gasteiger charge is 2.37. The van der Waals surface area contributed by atoms with Crippen molar-refractivity contribution in [2.24, 2.45) is 11.8 Å². The number of anilines is 1. The molecular weight excluding hydrogens is 600 g/mol. The van der Waals surface area contributed by atoms with E-state index < -0.39 is 11.7 Å². The molecule has 1 N–H and O–H groups in total. The number of piperazine rings is 1. The van der Waals surface area contributed by atoms with E-state index in [-0.39, 0.29) is 17.7 Å². The van der Waals surface area contributed by atoms with Crippen molar-refractivity contribution in [3.8, 4) is 5.75 Å². The maximum Gasteiger partial charge on any atom is 0.407 e. The molecule has 1 atom stereocenters. The molecule has 0 bridgehead atoms. The summed E-state index contributed by atoms with van der Waals surface area (Å²) in [6, 6.07) is 16.0. The van der Waals surface area contributed by atoms with E-state index >= 15 is 0 Å². The van der Waals surface area contributed by atoms with E-state index in [1.807, 2.05) is 36.4 Å². The highest BCUT2D eigenvalue weighted by atomic mass is 79.9. The second kappa shape index (κ2) is 12.9. The Bertz CT molecular complexity index is 1270. The topological polar surface area (TPSA) is 93.6 Å². The maximum atomic E-state index is 13.8. The lowest BCUT2D eigenvalue weighted by atomic mass is 9.95. The smallest absolute Gasteiger partial charge is 0.407 e. The van der Waals surface area contributed by atoms with Crippen LogP contribution >= 0.6 is 15.9 Å². The molecule has 0 radical (unpaired) electrons. The fourth-order valence-electron chi connectivity index (χ4n) is 5.89. The minimum absolute atomic E-state index is 0.0694. The highest BCUT2D eigenvalue weighted by molar-refractivity contribution is 9.10. The molecule has 0 aromatic heterocycles. The van der Waals surface area contributed by atoms with Gasteiger partial charge in [-0.2, -0.15) is 0 Å². The number of carbonyl (C=O) groups is 3. The molecular formula is C32H41BrN4O5. The zero-order valence-corrected chi connectivity index (χ0v) is 26.1. The predicted molar refractivity (Wildman–Crippen MR) is 165 cm³/mol. The van der Waals surface area contributed by atoms with Gasteiger partial charge < -0.3 is 29.4 Å². The van der Waals surface area contributed by atoms with Gasteiger partial charge >= 0.3 is 6.09 Å². The van der Waals surface area contributed by atoms with Gasteiger partial charge in [0.25, 0.3) is 5.91 Å². The summed E-state index contributed by atoms with van der Waals surface area (Å²) >= 11 is 3.50. The lowest BCUT2D eigenvalue weighted by molar-refractivity contribution is -0.147. The molecule has 3 aliphatic rings. The van der Waals surface area contributed by atoms with Crippen LogP contribution in [0.2, 0.25) is 0 Å². The van der Waals surface area contributed by atoms with Crippen LogP contribution in [-0.4, -0.2) is 89.1 Å². The third-order valence-electron chi connectivity index (χ3n) is 8.45. The van der Waals surface area contributed by atoms with Crippen molar-refractivity contribution in [1.82, 2.24) is 14.7 Å². The van der Waals surface area contributed by atoms with Gasteiger partial charge in [-0.15, -0.1) is 0 Å². The summed E-state index contributed by atoms with van der Waals surface area (Å²) in [5.41, 5.74) is 1.01. The molecule has 10 heteroatoms. The number of carboxylic acid groups (broad SMARTS) is 1. The number of benzene rings is 2. The van der Waals surface area contributed by atoms with Crippen LogP contribution in [-0.2, 0) is 16.1 Å². The summed E-state index contributed by atoms with van der Waals surface area (Å²) in [5.74, 6) is 1.21. The fraction of sp³-hybridized carbons (Fsp3) is 0.531. The number of nitrogens with zero attached hydrogens (tertiary/aromatic N) is 4. The summed E-state index contributed by atoms with van der Waals surface area (Å²) in [7, 11) is 0. The van der Waals surface area contributed by atoms with Crippen LogP contribution in [0.1, 0.15) is 45.1 Å². The largest absolute Gasteiger partial charge is 0.478 e. The van der Waals surface area contributed by atoms with Crippen LogP contribution in [0.5, 0.6) is 5.75 Å². The SMILES string of the molecule is CC(C)(Oc1cccc(N2CCC[C@@H](C(=O)N(Cc3ccc(Br)cc3)CC3CC3)C2)c1)C(=O)N1CCN(C(=O)O)CC1. The highest BCUT2D eigenvalue weighted by Crippen LogP contribution is 2.33. The Morgan fingerprint density at radius 1 is 0.976 bits per heavy atom. The minimum atomic E-state index is -1.11. The Labute approximate surface area is 256 Å². The Balaban J connectivity index is 1.22. The zero-order chi connectivity index (χ0) is 29.9. The van der Waals surface area contributed by atoms with E-state index in [1.165, 1.54) is 17.7 Å². The van der Waals surface area contributed by atoms with Gasteiger partial charge in [0.15, 0.2) is 5.60 Å². The number of ether oxygens (including phenoxy) is 1. The van der Waals surface area contributed by atoms with Crippen LogP contribution < -0.4 is 9.64 Å². The van der Waals surface area contributed by atoms with Crippen molar-refractivity contribution in [3.63, 3.8) is 0 Å². The number of amides is 3. The van der Waals surface area contributed by atoms with Crippen molar-refractivity contribution in [3.05, 3.63) is 58.6 Å². The van der Waals surface area contributed by atoms with Gasteiger partial charge in [0.05, 0.1) is 5.92 Å². The summed E-state index contributed by atoms with van der Waals surface area (Å²) < 4.78 is 7.27. The molecule has 2 aliphatic heterocycles. The number of piperidine rings is 1. The van der Waals surface area contributed by atoms with Gasteiger partial charge in [0.2, 0.25) is 5.91 Å². The normalized spacial score (nSPS) is 19.4. The van der Waals surface area contributed by atoms with Crippen molar-refractivity contribution in [2.75, 3.05) is 50.7 Å². The molecule has 3 fully saturated rings. The molecule has 2 aromatic carbocycles. The van der Waals surface area contributed by atoms with Crippen molar-refractivity contribution in [2.45, 2.75) is 51.7 Å². The first kappa shape index (κ1) is 30.2. The summed E-state index contributed by atoms with van der Waals surface area (Å²) in [6.45, 7) is 7.76. The molecule has 5 rings (SSSR count). The molecule has 0 spiro atoms. The maximum absolute atomic E-state index is 13.8.